The van der Waals surface area contributed by atoms with Crippen molar-refractivity contribution >= 4 is 5.91 Å². The average molecular weight is 195 g/mol. The molecule has 0 aliphatic carbocycles. The van der Waals surface area contributed by atoms with Crippen LogP contribution in [0, 0.1) is 11.3 Å². The number of rotatable bonds is 3. The third kappa shape index (κ3) is 2.24. The van der Waals surface area contributed by atoms with Gasteiger partial charge in [0.15, 0.2) is 0 Å². The van der Waals surface area contributed by atoms with Crippen molar-refractivity contribution in [2.75, 3.05) is 13.1 Å². The minimum Gasteiger partial charge on any atom is -0.355 e. The average Bonchev–Trinajstić information content (AvgIpc) is 2.64. The fourth-order valence-corrected chi connectivity index (χ4v) is 1.86. The van der Waals surface area contributed by atoms with Crippen LogP contribution < -0.4 is 5.32 Å². The van der Waals surface area contributed by atoms with E-state index in [-0.39, 0.29) is 18.0 Å². The van der Waals surface area contributed by atoms with Crippen LogP contribution in [0.1, 0.15) is 26.7 Å². The summed E-state index contributed by atoms with van der Waals surface area (Å²) in [6.45, 7) is 5.27. The van der Waals surface area contributed by atoms with E-state index in [1.54, 1.807) is 0 Å². The van der Waals surface area contributed by atoms with E-state index in [4.69, 9.17) is 5.26 Å². The van der Waals surface area contributed by atoms with Crippen molar-refractivity contribution in [3.63, 3.8) is 0 Å². The Labute approximate surface area is 84.9 Å². The molecule has 0 spiro atoms. The number of likely N-dealkylation sites (N-methyl/N-ethyl adjacent to an activating group) is 1. The van der Waals surface area contributed by atoms with Crippen LogP contribution in [0.3, 0.4) is 0 Å². The monoisotopic (exact) mass is 195 g/mol. The molecule has 0 bridgehead atoms. The Kier molecular flexibility index (Phi) is 3.90. The van der Waals surface area contributed by atoms with E-state index in [1.165, 1.54) is 0 Å². The Morgan fingerprint density at radius 3 is 3.07 bits per heavy atom. The highest BCUT2D eigenvalue weighted by Crippen LogP contribution is 2.19. The number of hydrogen-bond donors (Lipinski definition) is 1. The molecular formula is C10H17N3O. The van der Waals surface area contributed by atoms with Gasteiger partial charge in [0.25, 0.3) is 0 Å². The first-order valence-electron chi connectivity index (χ1n) is 5.13. The first-order chi connectivity index (χ1) is 6.70. The molecule has 0 aromatic carbocycles. The number of carbonyl (C=O) groups is 1. The summed E-state index contributed by atoms with van der Waals surface area (Å²) < 4.78 is 0. The Balaban J connectivity index is 2.55. The lowest BCUT2D eigenvalue weighted by molar-refractivity contribution is -0.125. The summed E-state index contributed by atoms with van der Waals surface area (Å²) in [4.78, 5) is 13.5. The number of nitriles is 1. The second kappa shape index (κ2) is 4.97. The zero-order chi connectivity index (χ0) is 10.6. The molecule has 2 atom stereocenters. The molecule has 1 rings (SSSR count). The summed E-state index contributed by atoms with van der Waals surface area (Å²) >= 11 is 0. The van der Waals surface area contributed by atoms with Gasteiger partial charge < -0.3 is 5.32 Å². The number of likely N-dealkylation sites (tertiary alicyclic amines) is 1. The molecule has 4 heteroatoms. The van der Waals surface area contributed by atoms with Gasteiger partial charge in [-0.2, -0.15) is 5.26 Å². The standard InChI is InChI=1S/C10H17N3O/c1-3-12-10(14)8(2)13-6-4-5-9(13)7-11/h8-9H,3-6H2,1-2H3,(H,12,14). The van der Waals surface area contributed by atoms with Crippen LogP contribution in [-0.4, -0.2) is 36.0 Å². The molecule has 2 unspecified atom stereocenters. The van der Waals surface area contributed by atoms with Crippen molar-refractivity contribution in [3.8, 4) is 6.07 Å². The van der Waals surface area contributed by atoms with Gasteiger partial charge >= 0.3 is 0 Å². The predicted octanol–water partition coefficient (Wildman–Crippen LogP) is 0.499. The third-order valence-corrected chi connectivity index (χ3v) is 2.67. The van der Waals surface area contributed by atoms with Crippen molar-refractivity contribution in [2.24, 2.45) is 0 Å². The maximum atomic E-state index is 11.5. The first-order valence-corrected chi connectivity index (χ1v) is 5.13. The first kappa shape index (κ1) is 11.0. The Morgan fingerprint density at radius 1 is 1.79 bits per heavy atom. The van der Waals surface area contributed by atoms with Crippen LogP contribution in [-0.2, 0) is 4.79 Å². The highest BCUT2D eigenvalue weighted by Gasteiger charge is 2.31. The van der Waals surface area contributed by atoms with Crippen LogP contribution in [0.2, 0.25) is 0 Å². The van der Waals surface area contributed by atoms with E-state index in [9.17, 15) is 4.79 Å². The molecule has 14 heavy (non-hydrogen) atoms. The van der Waals surface area contributed by atoms with Crippen LogP contribution in [0.4, 0.5) is 0 Å². The zero-order valence-electron chi connectivity index (χ0n) is 8.79. The molecule has 0 saturated carbocycles. The summed E-state index contributed by atoms with van der Waals surface area (Å²) in [5.41, 5.74) is 0. The van der Waals surface area contributed by atoms with Gasteiger partial charge in [0.1, 0.15) is 0 Å². The number of amides is 1. The molecule has 1 saturated heterocycles. The molecule has 0 aromatic rings. The highest BCUT2D eigenvalue weighted by atomic mass is 16.2. The minimum absolute atomic E-state index is 0.0228. The predicted molar refractivity (Wildman–Crippen MR) is 53.5 cm³/mol. The molecule has 1 aliphatic rings. The van der Waals surface area contributed by atoms with E-state index in [2.05, 4.69) is 11.4 Å². The van der Waals surface area contributed by atoms with Gasteiger partial charge in [-0.1, -0.05) is 0 Å². The van der Waals surface area contributed by atoms with Crippen molar-refractivity contribution in [1.82, 2.24) is 10.2 Å². The maximum absolute atomic E-state index is 11.5. The Bertz CT molecular complexity index is 246. The van der Waals surface area contributed by atoms with E-state index in [0.717, 1.165) is 19.4 Å². The summed E-state index contributed by atoms with van der Waals surface area (Å²) in [5.74, 6) is 0.0228. The number of nitrogens with zero attached hydrogens (tertiary/aromatic N) is 2. The summed E-state index contributed by atoms with van der Waals surface area (Å²) in [7, 11) is 0. The molecular weight excluding hydrogens is 178 g/mol. The molecule has 78 valence electrons. The van der Waals surface area contributed by atoms with Gasteiger partial charge in [0.2, 0.25) is 5.91 Å². The lowest BCUT2D eigenvalue weighted by Crippen LogP contribution is -2.46. The molecule has 0 radical (unpaired) electrons. The largest absolute Gasteiger partial charge is 0.355 e. The van der Waals surface area contributed by atoms with Gasteiger partial charge in [-0.3, -0.25) is 9.69 Å². The Morgan fingerprint density at radius 2 is 2.50 bits per heavy atom. The van der Waals surface area contributed by atoms with E-state index in [0.29, 0.717) is 6.54 Å². The lowest BCUT2D eigenvalue weighted by Gasteiger charge is -2.25. The zero-order valence-corrected chi connectivity index (χ0v) is 8.79. The van der Waals surface area contributed by atoms with E-state index in [1.807, 2.05) is 18.7 Å². The van der Waals surface area contributed by atoms with Gasteiger partial charge in [0.05, 0.1) is 18.2 Å². The SMILES string of the molecule is CCNC(=O)C(C)N1CCCC1C#N. The normalized spacial score (nSPS) is 24.2. The lowest BCUT2D eigenvalue weighted by atomic mass is 10.2. The molecule has 1 amide bonds. The molecule has 1 N–H and O–H groups in total. The number of carbonyl (C=O) groups excluding carboxylic acids is 1. The summed E-state index contributed by atoms with van der Waals surface area (Å²) in [6.07, 6.45) is 1.90. The molecule has 1 heterocycles. The van der Waals surface area contributed by atoms with Gasteiger partial charge in [-0.25, -0.2) is 0 Å². The molecule has 4 nitrogen and oxygen atoms in total. The van der Waals surface area contributed by atoms with Crippen molar-refractivity contribution in [2.45, 2.75) is 38.8 Å². The summed E-state index contributed by atoms with van der Waals surface area (Å²) in [6, 6.07) is 1.98. The van der Waals surface area contributed by atoms with Gasteiger partial charge in [-0.15, -0.1) is 0 Å². The molecule has 1 aliphatic heterocycles. The van der Waals surface area contributed by atoms with Crippen LogP contribution >= 0.6 is 0 Å². The number of hydrogen-bond acceptors (Lipinski definition) is 3. The molecule has 1 fully saturated rings. The van der Waals surface area contributed by atoms with Gasteiger partial charge in [0, 0.05) is 13.1 Å². The van der Waals surface area contributed by atoms with Crippen molar-refractivity contribution in [1.29, 1.82) is 5.26 Å². The van der Waals surface area contributed by atoms with Crippen LogP contribution in [0.25, 0.3) is 0 Å². The number of nitrogens with one attached hydrogen (secondary N) is 1. The fraction of sp³-hybridized carbons (Fsp3) is 0.800. The second-order valence-electron chi connectivity index (χ2n) is 3.60. The quantitative estimate of drug-likeness (QED) is 0.713. The highest BCUT2D eigenvalue weighted by molar-refractivity contribution is 5.81. The van der Waals surface area contributed by atoms with Gasteiger partial charge in [-0.05, 0) is 26.7 Å². The third-order valence-electron chi connectivity index (χ3n) is 2.67. The van der Waals surface area contributed by atoms with Crippen LogP contribution in [0.5, 0.6) is 0 Å². The van der Waals surface area contributed by atoms with E-state index >= 15 is 0 Å². The second-order valence-corrected chi connectivity index (χ2v) is 3.60. The minimum atomic E-state index is -0.179. The van der Waals surface area contributed by atoms with Crippen molar-refractivity contribution < 1.29 is 4.79 Å². The Hall–Kier alpha value is -1.08. The maximum Gasteiger partial charge on any atom is 0.237 e. The molecule has 0 aromatic heterocycles. The van der Waals surface area contributed by atoms with E-state index < -0.39 is 0 Å². The summed E-state index contributed by atoms with van der Waals surface area (Å²) in [5, 5.41) is 11.7. The topological polar surface area (TPSA) is 56.1 Å². The fourth-order valence-electron chi connectivity index (χ4n) is 1.86. The van der Waals surface area contributed by atoms with Crippen molar-refractivity contribution in [3.05, 3.63) is 0 Å². The van der Waals surface area contributed by atoms with Crippen LogP contribution in [0.15, 0.2) is 0 Å². The smallest absolute Gasteiger partial charge is 0.237 e.